The second-order valence-corrected chi connectivity index (χ2v) is 4.99. The monoisotopic (exact) mass is 316 g/mol. The van der Waals surface area contributed by atoms with Crippen molar-refractivity contribution in [2.75, 3.05) is 6.61 Å². The fraction of sp³-hybridized carbons (Fsp3) is 0.250. The summed E-state index contributed by atoms with van der Waals surface area (Å²) in [6, 6.07) is 7.88. The Morgan fingerprint density at radius 1 is 1.35 bits per heavy atom. The lowest BCUT2D eigenvalue weighted by atomic mass is 10.1. The summed E-state index contributed by atoms with van der Waals surface area (Å²) in [5, 5.41) is 10.9. The van der Waals surface area contributed by atoms with Crippen molar-refractivity contribution in [3.05, 3.63) is 73.7 Å². The van der Waals surface area contributed by atoms with Crippen LogP contribution in [0.1, 0.15) is 28.4 Å². The molecule has 0 aliphatic heterocycles. The van der Waals surface area contributed by atoms with Gasteiger partial charge in [0.15, 0.2) is 0 Å². The Hall–Kier alpha value is -2.96. The molecule has 0 unspecified atom stereocenters. The first-order valence-electron chi connectivity index (χ1n) is 7.04. The van der Waals surface area contributed by atoms with E-state index in [1.807, 2.05) is 0 Å². The van der Waals surface area contributed by atoms with Gasteiger partial charge >= 0.3 is 5.97 Å². The normalized spacial score (nSPS) is 10.3. The van der Waals surface area contributed by atoms with Gasteiger partial charge < -0.3 is 9.30 Å². The van der Waals surface area contributed by atoms with E-state index in [-0.39, 0.29) is 24.4 Å². The van der Waals surface area contributed by atoms with Gasteiger partial charge in [0, 0.05) is 11.6 Å². The van der Waals surface area contributed by atoms with Crippen molar-refractivity contribution in [2.45, 2.75) is 20.4 Å². The average molecular weight is 316 g/mol. The third-order valence-corrected chi connectivity index (χ3v) is 3.25. The van der Waals surface area contributed by atoms with E-state index in [0.29, 0.717) is 16.7 Å². The van der Waals surface area contributed by atoms with Crippen LogP contribution in [0.4, 0.5) is 5.69 Å². The SMILES string of the molecule is CCOC(=O)c1cccc(Cn2cc([N+](=O)[O-])cc(C)c2=O)c1. The van der Waals surface area contributed by atoms with Crippen LogP contribution in [0.3, 0.4) is 0 Å². The average Bonchev–Trinajstić information content (AvgIpc) is 2.52. The Bertz CT molecular complexity index is 810. The maximum Gasteiger partial charge on any atom is 0.338 e. The third-order valence-electron chi connectivity index (χ3n) is 3.25. The summed E-state index contributed by atoms with van der Waals surface area (Å²) in [4.78, 5) is 34.2. The molecule has 0 saturated heterocycles. The molecule has 0 aliphatic rings. The van der Waals surface area contributed by atoms with E-state index in [4.69, 9.17) is 4.74 Å². The largest absolute Gasteiger partial charge is 0.462 e. The number of nitrogens with zero attached hydrogens (tertiary/aromatic N) is 2. The van der Waals surface area contributed by atoms with Crippen molar-refractivity contribution in [1.82, 2.24) is 4.57 Å². The molecule has 0 atom stereocenters. The minimum atomic E-state index is -0.544. The molecule has 1 aromatic carbocycles. The summed E-state index contributed by atoms with van der Waals surface area (Å²) in [7, 11) is 0. The molecule has 0 bridgehead atoms. The number of aromatic nitrogens is 1. The molecule has 23 heavy (non-hydrogen) atoms. The number of rotatable bonds is 5. The highest BCUT2D eigenvalue weighted by Gasteiger charge is 2.12. The molecule has 2 rings (SSSR count). The quantitative estimate of drug-likeness (QED) is 0.479. The Morgan fingerprint density at radius 2 is 2.09 bits per heavy atom. The highest BCUT2D eigenvalue weighted by molar-refractivity contribution is 5.89. The number of hydrogen-bond donors (Lipinski definition) is 0. The lowest BCUT2D eigenvalue weighted by Gasteiger charge is -2.08. The fourth-order valence-electron chi connectivity index (χ4n) is 2.19. The van der Waals surface area contributed by atoms with Crippen molar-refractivity contribution in [2.24, 2.45) is 0 Å². The molecule has 1 aromatic heterocycles. The van der Waals surface area contributed by atoms with Crippen LogP contribution >= 0.6 is 0 Å². The summed E-state index contributed by atoms with van der Waals surface area (Å²) in [6.07, 6.45) is 1.20. The number of carbonyl (C=O) groups excluding carboxylic acids is 1. The van der Waals surface area contributed by atoms with Gasteiger partial charge in [0.25, 0.3) is 11.2 Å². The van der Waals surface area contributed by atoms with Gasteiger partial charge in [0.05, 0.1) is 29.8 Å². The van der Waals surface area contributed by atoms with Crippen molar-refractivity contribution >= 4 is 11.7 Å². The number of esters is 1. The smallest absolute Gasteiger partial charge is 0.338 e. The molecule has 120 valence electrons. The predicted octanol–water partition coefficient (Wildman–Crippen LogP) is 2.29. The highest BCUT2D eigenvalue weighted by Crippen LogP contribution is 2.12. The number of ether oxygens (including phenoxy) is 1. The standard InChI is InChI=1S/C16H16N2O5/c1-3-23-16(20)13-6-4-5-12(8-13)9-17-10-14(18(21)22)7-11(2)15(17)19/h4-8,10H,3,9H2,1-2H3. The molecule has 0 N–H and O–H groups in total. The molecular formula is C16H16N2O5. The van der Waals surface area contributed by atoms with E-state index in [1.54, 1.807) is 31.2 Å². The molecule has 1 heterocycles. The zero-order valence-electron chi connectivity index (χ0n) is 12.8. The lowest BCUT2D eigenvalue weighted by Crippen LogP contribution is -2.22. The Morgan fingerprint density at radius 3 is 2.74 bits per heavy atom. The van der Waals surface area contributed by atoms with E-state index in [9.17, 15) is 19.7 Å². The Balaban J connectivity index is 2.36. The summed E-state index contributed by atoms with van der Waals surface area (Å²) in [6.45, 7) is 3.65. The molecule has 0 fully saturated rings. The summed E-state index contributed by atoms with van der Waals surface area (Å²) in [5.41, 5.74) is 0.888. The molecule has 0 spiro atoms. The van der Waals surface area contributed by atoms with Crippen LogP contribution in [-0.2, 0) is 11.3 Å². The molecule has 0 radical (unpaired) electrons. The fourth-order valence-corrected chi connectivity index (χ4v) is 2.19. The van der Waals surface area contributed by atoms with Gasteiger partial charge in [0.2, 0.25) is 0 Å². The van der Waals surface area contributed by atoms with Gasteiger partial charge in [0.1, 0.15) is 0 Å². The van der Waals surface area contributed by atoms with Crippen LogP contribution in [0.25, 0.3) is 0 Å². The van der Waals surface area contributed by atoms with Crippen molar-refractivity contribution in [3.8, 4) is 0 Å². The second-order valence-electron chi connectivity index (χ2n) is 4.99. The molecule has 0 aliphatic carbocycles. The molecule has 0 saturated carbocycles. The van der Waals surface area contributed by atoms with Gasteiger partial charge in [-0.15, -0.1) is 0 Å². The zero-order valence-corrected chi connectivity index (χ0v) is 12.8. The number of hydrogen-bond acceptors (Lipinski definition) is 5. The Kier molecular flexibility index (Phi) is 4.90. The maximum absolute atomic E-state index is 12.1. The van der Waals surface area contributed by atoms with Gasteiger partial charge in [-0.2, -0.15) is 0 Å². The van der Waals surface area contributed by atoms with Gasteiger partial charge in [-0.05, 0) is 31.5 Å². The molecular weight excluding hydrogens is 300 g/mol. The first-order valence-corrected chi connectivity index (χ1v) is 7.04. The molecule has 2 aromatic rings. The van der Waals surface area contributed by atoms with Crippen molar-refractivity contribution in [1.29, 1.82) is 0 Å². The first-order chi connectivity index (χ1) is 10.9. The first kappa shape index (κ1) is 16.4. The zero-order chi connectivity index (χ0) is 17.0. The van der Waals surface area contributed by atoms with Crippen molar-refractivity contribution < 1.29 is 14.5 Å². The van der Waals surface area contributed by atoms with Crippen LogP contribution in [0, 0.1) is 17.0 Å². The number of carbonyl (C=O) groups is 1. The van der Waals surface area contributed by atoms with Crippen LogP contribution in [0.15, 0.2) is 41.3 Å². The third kappa shape index (κ3) is 3.82. The van der Waals surface area contributed by atoms with E-state index in [2.05, 4.69) is 0 Å². The van der Waals surface area contributed by atoms with Crippen LogP contribution in [-0.4, -0.2) is 22.1 Å². The molecule has 7 nitrogen and oxygen atoms in total. The maximum atomic E-state index is 12.1. The van der Waals surface area contributed by atoms with Crippen LogP contribution in [0.2, 0.25) is 0 Å². The van der Waals surface area contributed by atoms with E-state index in [1.165, 1.54) is 23.8 Å². The van der Waals surface area contributed by atoms with E-state index < -0.39 is 10.9 Å². The van der Waals surface area contributed by atoms with Crippen LogP contribution in [0.5, 0.6) is 0 Å². The number of pyridine rings is 1. The minimum absolute atomic E-state index is 0.134. The molecule has 7 heteroatoms. The Labute approximate surface area is 132 Å². The minimum Gasteiger partial charge on any atom is -0.462 e. The second kappa shape index (κ2) is 6.87. The lowest BCUT2D eigenvalue weighted by molar-refractivity contribution is -0.385. The summed E-state index contributed by atoms with van der Waals surface area (Å²) < 4.78 is 6.19. The van der Waals surface area contributed by atoms with Crippen molar-refractivity contribution in [3.63, 3.8) is 0 Å². The van der Waals surface area contributed by atoms with E-state index in [0.717, 1.165) is 0 Å². The van der Waals surface area contributed by atoms with Gasteiger partial charge in [-0.3, -0.25) is 14.9 Å². The van der Waals surface area contributed by atoms with E-state index >= 15 is 0 Å². The number of aryl methyl sites for hydroxylation is 1. The van der Waals surface area contributed by atoms with Gasteiger partial charge in [-0.1, -0.05) is 12.1 Å². The van der Waals surface area contributed by atoms with Gasteiger partial charge in [-0.25, -0.2) is 4.79 Å². The van der Waals surface area contributed by atoms with Crippen LogP contribution < -0.4 is 5.56 Å². The topological polar surface area (TPSA) is 91.4 Å². The summed E-state index contributed by atoms with van der Waals surface area (Å²) in [5.74, 6) is -0.447. The number of nitro groups is 1. The number of benzene rings is 1. The predicted molar refractivity (Wildman–Crippen MR) is 83.6 cm³/mol. The summed E-state index contributed by atoms with van der Waals surface area (Å²) >= 11 is 0. The molecule has 0 amide bonds. The highest BCUT2D eigenvalue weighted by atomic mass is 16.6.